The molecule has 2 aromatic heterocycles. The van der Waals surface area contributed by atoms with E-state index in [1.807, 2.05) is 0 Å². The van der Waals surface area contributed by atoms with E-state index in [0.717, 1.165) is 10.3 Å². The monoisotopic (exact) mass is 453 g/mol. The number of ether oxygens (including phenoxy) is 2. The first-order valence-corrected chi connectivity index (χ1v) is 10.2. The highest BCUT2D eigenvalue weighted by atomic mass is 16.5. The normalized spacial score (nSPS) is 13.7. The summed E-state index contributed by atoms with van der Waals surface area (Å²) in [6, 6.07) is 7.93. The third kappa shape index (κ3) is 4.10. The van der Waals surface area contributed by atoms with Crippen molar-refractivity contribution in [3.05, 3.63) is 62.4 Å². The molecule has 0 aliphatic carbocycles. The average Bonchev–Trinajstić information content (AvgIpc) is 2.86. The highest BCUT2D eigenvalue weighted by Crippen LogP contribution is 2.25. The fourth-order valence-electron chi connectivity index (χ4n) is 3.71. The van der Waals surface area contributed by atoms with Gasteiger partial charge in [0.1, 0.15) is 11.3 Å². The van der Waals surface area contributed by atoms with Crippen molar-refractivity contribution in [2.24, 2.45) is 14.1 Å². The van der Waals surface area contributed by atoms with Crippen LogP contribution < -0.4 is 21.5 Å². The number of esters is 1. The van der Waals surface area contributed by atoms with E-state index in [0.29, 0.717) is 26.3 Å². The second-order valence-electron chi connectivity index (χ2n) is 7.55. The summed E-state index contributed by atoms with van der Waals surface area (Å²) in [5.74, 6) is -1.20. The van der Waals surface area contributed by atoms with Gasteiger partial charge >= 0.3 is 11.7 Å². The Hall–Kier alpha value is -3.99. The molecule has 33 heavy (non-hydrogen) atoms. The molecule has 3 aromatic rings. The molecular formula is C22H23N5O6. The summed E-state index contributed by atoms with van der Waals surface area (Å²) >= 11 is 0. The van der Waals surface area contributed by atoms with Crippen LogP contribution in [0.5, 0.6) is 0 Å². The van der Waals surface area contributed by atoms with Crippen molar-refractivity contribution < 1.29 is 19.1 Å². The van der Waals surface area contributed by atoms with Crippen molar-refractivity contribution in [2.75, 3.05) is 43.6 Å². The zero-order valence-corrected chi connectivity index (χ0v) is 18.5. The van der Waals surface area contributed by atoms with Gasteiger partial charge in [0.2, 0.25) is 0 Å². The van der Waals surface area contributed by atoms with Gasteiger partial charge in [-0.15, -0.1) is 0 Å². The third-order valence-corrected chi connectivity index (χ3v) is 5.57. The lowest BCUT2D eigenvalue weighted by Gasteiger charge is -2.29. The third-order valence-electron chi connectivity index (χ3n) is 5.57. The minimum Gasteiger partial charge on any atom is -0.465 e. The van der Waals surface area contributed by atoms with E-state index < -0.39 is 23.1 Å². The number of aromatic nitrogens is 3. The van der Waals surface area contributed by atoms with Gasteiger partial charge in [-0.2, -0.15) is 0 Å². The molecule has 1 aliphatic rings. The molecule has 4 rings (SSSR count). The van der Waals surface area contributed by atoms with Crippen molar-refractivity contribution in [2.45, 2.75) is 0 Å². The quantitative estimate of drug-likeness (QED) is 0.567. The van der Waals surface area contributed by atoms with Gasteiger partial charge in [0, 0.05) is 32.9 Å². The van der Waals surface area contributed by atoms with Gasteiger partial charge in [-0.1, -0.05) is 0 Å². The summed E-state index contributed by atoms with van der Waals surface area (Å²) < 4.78 is 12.4. The van der Waals surface area contributed by atoms with Gasteiger partial charge in [0.05, 0.1) is 37.0 Å². The number of nitrogens with one attached hydrogen (secondary N) is 1. The molecular weight excluding hydrogens is 430 g/mol. The Balaban J connectivity index is 1.69. The first kappa shape index (κ1) is 22.2. The van der Waals surface area contributed by atoms with E-state index in [4.69, 9.17) is 9.47 Å². The number of methoxy groups -OCH3 is 1. The van der Waals surface area contributed by atoms with Crippen LogP contribution in [0, 0.1) is 0 Å². The van der Waals surface area contributed by atoms with Crippen molar-refractivity contribution in [3.63, 3.8) is 0 Å². The van der Waals surface area contributed by atoms with Crippen LogP contribution in [0.4, 0.5) is 11.4 Å². The molecule has 11 heteroatoms. The second-order valence-corrected chi connectivity index (χ2v) is 7.55. The van der Waals surface area contributed by atoms with Gasteiger partial charge < -0.3 is 19.7 Å². The first-order valence-electron chi connectivity index (χ1n) is 10.2. The van der Waals surface area contributed by atoms with Crippen molar-refractivity contribution in [1.29, 1.82) is 0 Å². The lowest BCUT2D eigenvalue weighted by Crippen LogP contribution is -2.37. The molecule has 0 atom stereocenters. The van der Waals surface area contributed by atoms with Crippen LogP contribution >= 0.6 is 0 Å². The standard InChI is InChI=1S/C22H23N5O6/c1-25-18-14(20(29)26(2)22(25)31)5-7-17(23-18)19(28)24-16-6-4-13(12-15(16)21(30)32-3)27-8-10-33-11-9-27/h4-7,12H,8-11H2,1-3H3,(H,24,28). The number of anilines is 2. The number of morpholine rings is 1. The molecule has 1 fully saturated rings. The van der Waals surface area contributed by atoms with Crippen molar-refractivity contribution in [3.8, 4) is 0 Å². The topological polar surface area (TPSA) is 125 Å². The number of nitrogens with zero attached hydrogens (tertiary/aromatic N) is 4. The van der Waals surface area contributed by atoms with Gasteiger partial charge in [0.25, 0.3) is 11.5 Å². The minimum atomic E-state index is -0.602. The maximum absolute atomic E-state index is 12.9. The molecule has 3 heterocycles. The number of benzene rings is 1. The van der Waals surface area contributed by atoms with E-state index in [1.165, 1.54) is 37.9 Å². The summed E-state index contributed by atoms with van der Waals surface area (Å²) in [7, 11) is 4.11. The molecule has 172 valence electrons. The zero-order chi connectivity index (χ0) is 23.7. The molecule has 1 aliphatic heterocycles. The largest absolute Gasteiger partial charge is 0.465 e. The first-order chi connectivity index (χ1) is 15.8. The second kappa shape index (κ2) is 8.87. The summed E-state index contributed by atoms with van der Waals surface area (Å²) in [4.78, 5) is 56.2. The highest BCUT2D eigenvalue weighted by Gasteiger charge is 2.20. The number of pyridine rings is 1. The Bertz CT molecular complexity index is 1370. The Labute approximate surface area is 188 Å². The van der Waals surface area contributed by atoms with Crippen molar-refractivity contribution >= 4 is 34.3 Å². The predicted molar refractivity (Wildman–Crippen MR) is 121 cm³/mol. The molecule has 1 saturated heterocycles. The van der Waals surface area contributed by atoms with E-state index in [2.05, 4.69) is 15.2 Å². The fourth-order valence-corrected chi connectivity index (χ4v) is 3.71. The zero-order valence-electron chi connectivity index (χ0n) is 18.5. The Morgan fingerprint density at radius 2 is 1.79 bits per heavy atom. The van der Waals surface area contributed by atoms with Crippen LogP contribution in [-0.4, -0.2) is 59.4 Å². The molecule has 1 aromatic carbocycles. The number of rotatable bonds is 4. The van der Waals surface area contributed by atoms with Crippen LogP contribution in [0.1, 0.15) is 20.8 Å². The van der Waals surface area contributed by atoms with Crippen LogP contribution in [-0.2, 0) is 23.6 Å². The summed E-state index contributed by atoms with van der Waals surface area (Å²) in [6.07, 6.45) is 0. The number of amides is 1. The number of carbonyl (C=O) groups excluding carboxylic acids is 2. The van der Waals surface area contributed by atoms with Crippen LogP contribution in [0.3, 0.4) is 0 Å². The predicted octanol–water partition coefficient (Wildman–Crippen LogP) is 0.508. The molecule has 1 amide bonds. The molecule has 0 unspecified atom stereocenters. The highest BCUT2D eigenvalue weighted by molar-refractivity contribution is 6.08. The molecule has 0 radical (unpaired) electrons. The molecule has 0 saturated carbocycles. The Kier molecular flexibility index (Phi) is 5.97. The molecule has 0 spiro atoms. The number of fused-ring (bicyclic) bond motifs is 1. The van der Waals surface area contributed by atoms with E-state index in [9.17, 15) is 19.2 Å². The van der Waals surface area contributed by atoms with Crippen LogP contribution in [0.15, 0.2) is 39.9 Å². The molecule has 0 bridgehead atoms. The fraction of sp³-hybridized carbons (Fsp3) is 0.318. The smallest absolute Gasteiger partial charge is 0.340 e. The molecule has 11 nitrogen and oxygen atoms in total. The number of aryl methyl sites for hydroxylation is 1. The molecule has 1 N–H and O–H groups in total. The maximum atomic E-state index is 12.9. The van der Waals surface area contributed by atoms with E-state index >= 15 is 0 Å². The number of hydrogen-bond acceptors (Lipinski definition) is 8. The number of carbonyl (C=O) groups is 2. The van der Waals surface area contributed by atoms with Crippen LogP contribution in [0.2, 0.25) is 0 Å². The van der Waals surface area contributed by atoms with Crippen molar-refractivity contribution in [1.82, 2.24) is 14.1 Å². The van der Waals surface area contributed by atoms with Gasteiger partial charge in [-0.05, 0) is 30.3 Å². The van der Waals surface area contributed by atoms with Gasteiger partial charge in [-0.3, -0.25) is 18.7 Å². The van der Waals surface area contributed by atoms with E-state index in [1.54, 1.807) is 18.2 Å². The van der Waals surface area contributed by atoms with Gasteiger partial charge in [-0.25, -0.2) is 14.6 Å². The van der Waals surface area contributed by atoms with E-state index in [-0.39, 0.29) is 28.0 Å². The average molecular weight is 453 g/mol. The Morgan fingerprint density at radius 3 is 2.48 bits per heavy atom. The van der Waals surface area contributed by atoms with Crippen LogP contribution in [0.25, 0.3) is 11.0 Å². The summed E-state index contributed by atoms with van der Waals surface area (Å²) in [6.45, 7) is 2.55. The SMILES string of the molecule is COC(=O)c1cc(N2CCOCC2)ccc1NC(=O)c1ccc2c(=O)n(C)c(=O)n(C)c2n1. The maximum Gasteiger partial charge on any atom is 0.340 e. The minimum absolute atomic E-state index is 0.0150. The number of hydrogen-bond donors (Lipinski definition) is 1. The Morgan fingerprint density at radius 1 is 1.06 bits per heavy atom. The summed E-state index contributed by atoms with van der Waals surface area (Å²) in [5, 5.41) is 2.89. The lowest BCUT2D eigenvalue weighted by molar-refractivity contribution is 0.0602. The van der Waals surface area contributed by atoms with Gasteiger partial charge in [0.15, 0.2) is 0 Å². The summed E-state index contributed by atoms with van der Waals surface area (Å²) in [5.41, 5.74) is 0.279. The lowest BCUT2D eigenvalue weighted by atomic mass is 10.1.